The standard InChI is InChI=1S/C15H23FN2O2.ClH/c1-20-14-6-2-4-12(15(14)16)13(5-3-11-19)18-9-7-17-8-10-18;/h2,4,6,13,17,19H,3,5,7-11H2,1H3;1H/t13-;/m0./s1. The number of hydrogen-bond acceptors (Lipinski definition) is 4. The molecule has 4 nitrogen and oxygen atoms in total. The van der Waals surface area contributed by atoms with Crippen molar-refractivity contribution in [2.45, 2.75) is 18.9 Å². The van der Waals surface area contributed by atoms with Gasteiger partial charge in [-0.2, -0.15) is 0 Å². The van der Waals surface area contributed by atoms with Crippen LogP contribution in [0.2, 0.25) is 0 Å². The van der Waals surface area contributed by atoms with Crippen LogP contribution in [0.4, 0.5) is 4.39 Å². The lowest BCUT2D eigenvalue weighted by Gasteiger charge is -2.35. The molecule has 21 heavy (non-hydrogen) atoms. The number of aliphatic hydroxyl groups is 1. The first-order valence-corrected chi connectivity index (χ1v) is 7.16. The van der Waals surface area contributed by atoms with E-state index in [1.807, 2.05) is 12.1 Å². The fourth-order valence-corrected chi connectivity index (χ4v) is 2.76. The van der Waals surface area contributed by atoms with Gasteiger partial charge >= 0.3 is 0 Å². The lowest BCUT2D eigenvalue weighted by molar-refractivity contribution is 0.151. The number of halogens is 2. The highest BCUT2D eigenvalue weighted by atomic mass is 35.5. The van der Waals surface area contributed by atoms with Gasteiger partial charge in [0.2, 0.25) is 0 Å². The Hall–Kier alpha value is -0.880. The Bertz CT molecular complexity index is 428. The summed E-state index contributed by atoms with van der Waals surface area (Å²) in [6, 6.07) is 5.28. The van der Waals surface area contributed by atoms with Crippen LogP contribution in [-0.2, 0) is 0 Å². The number of piperazine rings is 1. The average molecular weight is 319 g/mol. The van der Waals surface area contributed by atoms with Crippen LogP contribution in [-0.4, -0.2) is 49.9 Å². The normalized spacial score (nSPS) is 17.1. The predicted octanol–water partition coefficient (Wildman–Crippen LogP) is 1.97. The van der Waals surface area contributed by atoms with Gasteiger partial charge < -0.3 is 15.2 Å². The summed E-state index contributed by atoms with van der Waals surface area (Å²) in [5.74, 6) is 0.00288. The van der Waals surface area contributed by atoms with E-state index in [4.69, 9.17) is 9.84 Å². The maximum Gasteiger partial charge on any atom is 0.169 e. The number of rotatable bonds is 6. The summed E-state index contributed by atoms with van der Waals surface area (Å²) in [5.41, 5.74) is 0.666. The van der Waals surface area contributed by atoms with E-state index in [0.717, 1.165) is 32.6 Å². The largest absolute Gasteiger partial charge is 0.494 e. The molecule has 2 N–H and O–H groups in total. The molecular weight excluding hydrogens is 295 g/mol. The zero-order valence-corrected chi connectivity index (χ0v) is 13.2. The molecule has 0 saturated carbocycles. The van der Waals surface area contributed by atoms with Gasteiger partial charge in [0.05, 0.1) is 7.11 Å². The number of nitrogens with zero attached hydrogens (tertiary/aromatic N) is 1. The van der Waals surface area contributed by atoms with Crippen LogP contribution in [0.3, 0.4) is 0 Å². The summed E-state index contributed by atoms with van der Waals surface area (Å²) in [6.45, 7) is 3.76. The first-order valence-electron chi connectivity index (χ1n) is 7.16. The predicted molar refractivity (Wildman–Crippen MR) is 83.7 cm³/mol. The first kappa shape index (κ1) is 18.2. The van der Waals surface area contributed by atoms with Crippen LogP contribution in [0.5, 0.6) is 5.75 Å². The molecular formula is C15H24ClFN2O2. The highest BCUT2D eigenvalue weighted by Crippen LogP contribution is 2.31. The molecule has 0 spiro atoms. The van der Waals surface area contributed by atoms with Crippen LogP contribution in [0.1, 0.15) is 24.4 Å². The SMILES string of the molecule is COc1cccc([C@H](CCCO)N2CCNCC2)c1F.Cl. The fourth-order valence-electron chi connectivity index (χ4n) is 2.76. The summed E-state index contributed by atoms with van der Waals surface area (Å²) >= 11 is 0. The van der Waals surface area contributed by atoms with Gasteiger partial charge in [-0.05, 0) is 18.9 Å². The Morgan fingerprint density at radius 1 is 1.38 bits per heavy atom. The lowest BCUT2D eigenvalue weighted by Crippen LogP contribution is -2.45. The third-order valence-electron chi connectivity index (χ3n) is 3.80. The molecule has 1 aliphatic rings. The van der Waals surface area contributed by atoms with Crippen LogP contribution >= 0.6 is 12.4 Å². The van der Waals surface area contributed by atoms with Crippen molar-refractivity contribution in [3.8, 4) is 5.75 Å². The average Bonchev–Trinajstić information content (AvgIpc) is 2.50. The van der Waals surface area contributed by atoms with E-state index in [-0.39, 0.29) is 36.6 Å². The fraction of sp³-hybridized carbons (Fsp3) is 0.600. The number of ether oxygens (including phenoxy) is 1. The third-order valence-corrected chi connectivity index (χ3v) is 3.80. The highest BCUT2D eigenvalue weighted by molar-refractivity contribution is 5.85. The molecule has 120 valence electrons. The van der Waals surface area contributed by atoms with Gasteiger partial charge in [0.25, 0.3) is 0 Å². The van der Waals surface area contributed by atoms with E-state index >= 15 is 0 Å². The van der Waals surface area contributed by atoms with E-state index in [1.54, 1.807) is 6.07 Å². The van der Waals surface area contributed by atoms with Gasteiger partial charge in [-0.1, -0.05) is 12.1 Å². The Labute approximate surface area is 131 Å². The molecule has 0 unspecified atom stereocenters. The molecule has 1 atom stereocenters. The van der Waals surface area contributed by atoms with Crippen LogP contribution in [0.25, 0.3) is 0 Å². The Kier molecular flexibility index (Phi) is 7.96. The molecule has 2 rings (SSSR count). The number of methoxy groups -OCH3 is 1. The highest BCUT2D eigenvalue weighted by Gasteiger charge is 2.25. The van der Waals surface area contributed by atoms with E-state index in [0.29, 0.717) is 12.0 Å². The van der Waals surface area contributed by atoms with E-state index < -0.39 is 0 Å². The molecule has 1 aromatic carbocycles. The Balaban J connectivity index is 0.00000220. The van der Waals surface area contributed by atoms with E-state index in [2.05, 4.69) is 10.2 Å². The minimum Gasteiger partial charge on any atom is -0.494 e. The second-order valence-corrected chi connectivity index (χ2v) is 5.03. The minimum absolute atomic E-state index is 0. The van der Waals surface area contributed by atoms with Crippen LogP contribution < -0.4 is 10.1 Å². The topological polar surface area (TPSA) is 44.7 Å². The van der Waals surface area contributed by atoms with Crippen LogP contribution in [0.15, 0.2) is 18.2 Å². The molecule has 1 fully saturated rings. The molecule has 0 amide bonds. The summed E-state index contributed by atoms with van der Waals surface area (Å²) in [7, 11) is 1.48. The molecule has 1 heterocycles. The minimum atomic E-state index is -0.281. The van der Waals surface area contributed by atoms with E-state index in [1.165, 1.54) is 7.11 Å². The summed E-state index contributed by atoms with van der Waals surface area (Å²) in [4.78, 5) is 2.28. The molecule has 6 heteroatoms. The van der Waals surface area contributed by atoms with Crippen molar-refractivity contribution in [2.75, 3.05) is 39.9 Å². The first-order chi connectivity index (χ1) is 9.77. The molecule has 0 bridgehead atoms. The molecule has 0 radical (unpaired) electrons. The monoisotopic (exact) mass is 318 g/mol. The number of hydrogen-bond donors (Lipinski definition) is 2. The maximum atomic E-state index is 14.5. The zero-order valence-electron chi connectivity index (χ0n) is 12.3. The van der Waals surface area contributed by atoms with Crippen molar-refractivity contribution in [1.82, 2.24) is 10.2 Å². The van der Waals surface area contributed by atoms with Crippen molar-refractivity contribution in [3.05, 3.63) is 29.6 Å². The second kappa shape index (κ2) is 9.20. The van der Waals surface area contributed by atoms with Gasteiger partial charge in [0.15, 0.2) is 11.6 Å². The molecule has 1 aliphatic heterocycles. The molecule has 0 aliphatic carbocycles. The van der Waals surface area contributed by atoms with Gasteiger partial charge in [0.1, 0.15) is 0 Å². The lowest BCUT2D eigenvalue weighted by atomic mass is 9.98. The Morgan fingerprint density at radius 3 is 2.71 bits per heavy atom. The van der Waals surface area contributed by atoms with Crippen molar-refractivity contribution < 1.29 is 14.2 Å². The van der Waals surface area contributed by atoms with Crippen molar-refractivity contribution >= 4 is 12.4 Å². The summed E-state index contributed by atoms with van der Waals surface area (Å²) in [5, 5.41) is 12.4. The van der Waals surface area contributed by atoms with Gasteiger partial charge in [-0.25, -0.2) is 4.39 Å². The smallest absolute Gasteiger partial charge is 0.169 e. The Morgan fingerprint density at radius 2 is 2.10 bits per heavy atom. The van der Waals surface area contributed by atoms with Crippen molar-refractivity contribution in [1.29, 1.82) is 0 Å². The van der Waals surface area contributed by atoms with Gasteiger partial charge in [0, 0.05) is 44.4 Å². The zero-order chi connectivity index (χ0) is 14.4. The summed E-state index contributed by atoms with van der Waals surface area (Å²) in [6.07, 6.45) is 1.42. The quantitative estimate of drug-likeness (QED) is 0.842. The number of nitrogens with one attached hydrogen (secondary N) is 1. The summed E-state index contributed by atoms with van der Waals surface area (Å²) < 4.78 is 19.5. The molecule has 0 aromatic heterocycles. The van der Waals surface area contributed by atoms with Crippen molar-refractivity contribution in [2.24, 2.45) is 0 Å². The second-order valence-electron chi connectivity index (χ2n) is 5.03. The number of aliphatic hydroxyl groups excluding tert-OH is 1. The number of benzene rings is 1. The third kappa shape index (κ3) is 4.54. The van der Waals surface area contributed by atoms with Crippen LogP contribution in [0, 0.1) is 5.82 Å². The van der Waals surface area contributed by atoms with Gasteiger partial charge in [-0.3, -0.25) is 4.90 Å². The maximum absolute atomic E-state index is 14.5. The van der Waals surface area contributed by atoms with Crippen molar-refractivity contribution in [3.63, 3.8) is 0 Å². The molecule has 1 aromatic rings. The van der Waals surface area contributed by atoms with Gasteiger partial charge in [-0.15, -0.1) is 12.4 Å². The molecule has 1 saturated heterocycles. The van der Waals surface area contributed by atoms with E-state index in [9.17, 15) is 4.39 Å².